The quantitative estimate of drug-likeness (QED) is 0.818. The zero-order valence-electron chi connectivity index (χ0n) is 14.0. The minimum atomic E-state index is -3.40. The van der Waals surface area contributed by atoms with Crippen molar-refractivity contribution in [2.24, 2.45) is 5.92 Å². The molecule has 1 aromatic heterocycles. The van der Waals surface area contributed by atoms with Crippen molar-refractivity contribution >= 4 is 10.0 Å². The van der Waals surface area contributed by atoms with Crippen molar-refractivity contribution in [3.8, 4) is 0 Å². The molecule has 25 heavy (non-hydrogen) atoms. The third-order valence-corrected chi connectivity index (χ3v) is 5.85. The van der Waals surface area contributed by atoms with Gasteiger partial charge in [0.2, 0.25) is 10.0 Å². The number of piperidine rings is 1. The molecule has 0 radical (unpaired) electrons. The van der Waals surface area contributed by atoms with Crippen molar-refractivity contribution in [2.45, 2.75) is 25.1 Å². The summed E-state index contributed by atoms with van der Waals surface area (Å²) in [5.41, 5.74) is 0.585. The molecular formula is C18H23FN2O3S. The van der Waals surface area contributed by atoms with Crippen LogP contribution in [0.2, 0.25) is 0 Å². The maximum absolute atomic E-state index is 12.9. The van der Waals surface area contributed by atoms with Crippen LogP contribution in [0.25, 0.3) is 0 Å². The van der Waals surface area contributed by atoms with Crippen molar-refractivity contribution in [2.75, 3.05) is 19.6 Å². The SMILES string of the molecule is O=S(=O)(Cc1ccc(F)cc1)NCC1CCN(Cc2ccco2)CC1. The first-order valence-electron chi connectivity index (χ1n) is 8.47. The van der Waals surface area contributed by atoms with Crippen LogP contribution in [0.5, 0.6) is 0 Å². The number of nitrogens with one attached hydrogen (secondary N) is 1. The molecule has 0 atom stereocenters. The van der Waals surface area contributed by atoms with Crippen LogP contribution in [0.1, 0.15) is 24.2 Å². The van der Waals surface area contributed by atoms with Crippen molar-refractivity contribution in [3.05, 3.63) is 59.8 Å². The minimum absolute atomic E-state index is 0.120. The number of furan rings is 1. The molecule has 7 heteroatoms. The number of nitrogens with zero attached hydrogens (tertiary/aromatic N) is 1. The molecule has 0 aliphatic carbocycles. The summed E-state index contributed by atoms with van der Waals surface area (Å²) in [5, 5.41) is 0. The molecule has 1 saturated heterocycles. The van der Waals surface area contributed by atoms with Crippen LogP contribution in [0.3, 0.4) is 0 Å². The summed E-state index contributed by atoms with van der Waals surface area (Å²) in [4.78, 5) is 2.32. The molecule has 3 rings (SSSR count). The average Bonchev–Trinajstić information content (AvgIpc) is 3.09. The Morgan fingerprint density at radius 1 is 1.16 bits per heavy atom. The molecule has 0 unspecified atom stereocenters. The minimum Gasteiger partial charge on any atom is -0.468 e. The zero-order chi connectivity index (χ0) is 17.7. The second-order valence-corrected chi connectivity index (χ2v) is 8.34. The van der Waals surface area contributed by atoms with E-state index in [0.717, 1.165) is 38.2 Å². The average molecular weight is 366 g/mol. The van der Waals surface area contributed by atoms with E-state index in [2.05, 4.69) is 9.62 Å². The summed E-state index contributed by atoms with van der Waals surface area (Å²) >= 11 is 0. The topological polar surface area (TPSA) is 62.6 Å². The Balaban J connectivity index is 1.42. The van der Waals surface area contributed by atoms with Gasteiger partial charge < -0.3 is 4.42 Å². The Labute approximate surface area is 147 Å². The predicted octanol–water partition coefficient (Wildman–Crippen LogP) is 2.75. The lowest BCUT2D eigenvalue weighted by molar-refractivity contribution is 0.168. The molecule has 2 heterocycles. The number of rotatable bonds is 7. The fraction of sp³-hybridized carbons (Fsp3) is 0.444. The van der Waals surface area contributed by atoms with E-state index in [0.29, 0.717) is 18.0 Å². The molecule has 0 spiro atoms. The fourth-order valence-corrected chi connectivity index (χ4v) is 4.29. The zero-order valence-corrected chi connectivity index (χ0v) is 14.8. The Bertz CT molecular complexity index is 752. The van der Waals surface area contributed by atoms with E-state index < -0.39 is 10.0 Å². The van der Waals surface area contributed by atoms with E-state index in [-0.39, 0.29) is 11.6 Å². The lowest BCUT2D eigenvalue weighted by Crippen LogP contribution is -2.38. The number of sulfonamides is 1. The van der Waals surface area contributed by atoms with Gasteiger partial charge in [0.1, 0.15) is 11.6 Å². The summed E-state index contributed by atoms with van der Waals surface area (Å²) in [7, 11) is -3.40. The van der Waals surface area contributed by atoms with Crippen molar-refractivity contribution in [1.82, 2.24) is 9.62 Å². The summed E-state index contributed by atoms with van der Waals surface area (Å²) in [6.07, 6.45) is 3.59. The molecule has 1 fully saturated rings. The van der Waals surface area contributed by atoms with Gasteiger partial charge in [0.05, 0.1) is 18.6 Å². The van der Waals surface area contributed by atoms with Crippen LogP contribution in [0, 0.1) is 11.7 Å². The van der Waals surface area contributed by atoms with Crippen LogP contribution >= 0.6 is 0 Å². The molecule has 0 amide bonds. The summed E-state index contributed by atoms with van der Waals surface area (Å²) in [6, 6.07) is 9.41. The molecule has 0 saturated carbocycles. The van der Waals surface area contributed by atoms with Gasteiger partial charge in [-0.25, -0.2) is 17.5 Å². The molecule has 136 valence electrons. The molecular weight excluding hydrogens is 343 g/mol. The molecule has 5 nitrogen and oxygen atoms in total. The van der Waals surface area contributed by atoms with Gasteiger partial charge in [0.15, 0.2) is 0 Å². The summed E-state index contributed by atoms with van der Waals surface area (Å²) in [6.45, 7) is 3.13. The van der Waals surface area contributed by atoms with Crippen LogP contribution in [0.4, 0.5) is 4.39 Å². The molecule has 1 aromatic carbocycles. The first-order chi connectivity index (χ1) is 12.0. The largest absolute Gasteiger partial charge is 0.468 e. The van der Waals surface area contributed by atoms with Gasteiger partial charge in [-0.05, 0) is 61.7 Å². The highest BCUT2D eigenvalue weighted by molar-refractivity contribution is 7.88. The van der Waals surface area contributed by atoms with Crippen molar-refractivity contribution in [1.29, 1.82) is 0 Å². The number of hydrogen-bond donors (Lipinski definition) is 1. The Morgan fingerprint density at radius 2 is 1.88 bits per heavy atom. The Kier molecular flexibility index (Phi) is 5.88. The summed E-state index contributed by atoms with van der Waals surface area (Å²) in [5.74, 6) is 0.814. The predicted molar refractivity (Wildman–Crippen MR) is 93.7 cm³/mol. The Hall–Kier alpha value is -1.70. The van der Waals surface area contributed by atoms with E-state index in [9.17, 15) is 12.8 Å². The van der Waals surface area contributed by atoms with Gasteiger partial charge in [0, 0.05) is 6.54 Å². The monoisotopic (exact) mass is 366 g/mol. The highest BCUT2D eigenvalue weighted by Gasteiger charge is 2.21. The lowest BCUT2D eigenvalue weighted by atomic mass is 9.97. The number of hydrogen-bond acceptors (Lipinski definition) is 4. The molecule has 1 aliphatic heterocycles. The van der Waals surface area contributed by atoms with E-state index in [1.54, 1.807) is 6.26 Å². The van der Waals surface area contributed by atoms with E-state index >= 15 is 0 Å². The van der Waals surface area contributed by atoms with E-state index in [1.807, 2.05) is 12.1 Å². The highest BCUT2D eigenvalue weighted by atomic mass is 32.2. The van der Waals surface area contributed by atoms with Crippen LogP contribution in [0.15, 0.2) is 47.1 Å². The second kappa shape index (κ2) is 8.12. The molecule has 0 bridgehead atoms. The van der Waals surface area contributed by atoms with Gasteiger partial charge in [-0.1, -0.05) is 12.1 Å². The Morgan fingerprint density at radius 3 is 2.52 bits per heavy atom. The van der Waals surface area contributed by atoms with E-state index in [1.165, 1.54) is 24.3 Å². The summed E-state index contributed by atoms with van der Waals surface area (Å²) < 4.78 is 45.3. The third kappa shape index (κ3) is 5.66. The van der Waals surface area contributed by atoms with Crippen LogP contribution in [-0.2, 0) is 22.3 Å². The number of likely N-dealkylation sites (tertiary alicyclic amines) is 1. The number of halogens is 1. The second-order valence-electron chi connectivity index (χ2n) is 6.53. The van der Waals surface area contributed by atoms with Gasteiger partial charge in [-0.2, -0.15) is 0 Å². The highest BCUT2D eigenvalue weighted by Crippen LogP contribution is 2.19. The third-order valence-electron chi connectivity index (χ3n) is 4.53. The van der Waals surface area contributed by atoms with Crippen LogP contribution < -0.4 is 4.72 Å². The molecule has 1 N–H and O–H groups in total. The maximum Gasteiger partial charge on any atom is 0.215 e. The number of benzene rings is 1. The fourth-order valence-electron chi connectivity index (χ4n) is 3.07. The van der Waals surface area contributed by atoms with Crippen LogP contribution in [-0.4, -0.2) is 33.0 Å². The lowest BCUT2D eigenvalue weighted by Gasteiger charge is -2.31. The first-order valence-corrected chi connectivity index (χ1v) is 10.1. The smallest absolute Gasteiger partial charge is 0.215 e. The molecule has 1 aliphatic rings. The standard InChI is InChI=1S/C18H23FN2O3S/c19-17-5-3-16(4-6-17)14-25(22,23)20-12-15-7-9-21(10-8-15)13-18-2-1-11-24-18/h1-6,11,15,20H,7-10,12-14H2. The van der Waals surface area contributed by atoms with Crippen molar-refractivity contribution < 1.29 is 17.2 Å². The normalized spacial score (nSPS) is 17.0. The van der Waals surface area contributed by atoms with Gasteiger partial charge in [0.25, 0.3) is 0 Å². The van der Waals surface area contributed by atoms with Crippen molar-refractivity contribution in [3.63, 3.8) is 0 Å². The maximum atomic E-state index is 12.9. The first kappa shape index (κ1) is 18.1. The van der Waals surface area contributed by atoms with Gasteiger partial charge >= 0.3 is 0 Å². The van der Waals surface area contributed by atoms with Gasteiger partial charge in [-0.15, -0.1) is 0 Å². The molecule has 2 aromatic rings. The van der Waals surface area contributed by atoms with Gasteiger partial charge in [-0.3, -0.25) is 4.90 Å². The van der Waals surface area contributed by atoms with E-state index in [4.69, 9.17) is 4.42 Å².